The number of rotatable bonds is 8. The zero-order valence-corrected chi connectivity index (χ0v) is 14.9. The molecule has 1 aromatic carbocycles. The summed E-state index contributed by atoms with van der Waals surface area (Å²) < 4.78 is 2.14. The molecule has 0 saturated carbocycles. The van der Waals surface area contributed by atoms with Crippen LogP contribution in [0.1, 0.15) is 31.2 Å². The lowest BCUT2D eigenvalue weighted by atomic mass is 10.1. The first kappa shape index (κ1) is 18.9. The van der Waals surface area contributed by atoms with Crippen LogP contribution in [0.25, 0.3) is 0 Å². The van der Waals surface area contributed by atoms with Crippen molar-refractivity contribution in [1.82, 2.24) is 9.55 Å². The van der Waals surface area contributed by atoms with Gasteiger partial charge in [0.1, 0.15) is 0 Å². The third kappa shape index (κ3) is 5.90. The molecule has 0 saturated heterocycles. The van der Waals surface area contributed by atoms with Gasteiger partial charge in [0.2, 0.25) is 0 Å². The van der Waals surface area contributed by atoms with E-state index in [9.17, 15) is 0 Å². The molecule has 1 heterocycles. The lowest BCUT2D eigenvalue weighted by Crippen LogP contribution is -2.18. The number of aryl methyl sites for hydroxylation is 2. The lowest BCUT2D eigenvalue weighted by molar-refractivity contribution is 0.571. The summed E-state index contributed by atoms with van der Waals surface area (Å²) in [6, 6.07) is 6.25. The SMILES string of the molecule is Cc1ccc(N(C)CCCCCCn2ccnc2)c(Cl)c1.Cl. The highest BCUT2D eigenvalue weighted by Crippen LogP contribution is 2.26. The lowest BCUT2D eigenvalue weighted by Gasteiger charge is -2.20. The van der Waals surface area contributed by atoms with E-state index in [2.05, 4.69) is 40.6 Å². The summed E-state index contributed by atoms with van der Waals surface area (Å²) in [5, 5.41) is 0.845. The van der Waals surface area contributed by atoms with E-state index < -0.39 is 0 Å². The van der Waals surface area contributed by atoms with Gasteiger partial charge >= 0.3 is 0 Å². The minimum atomic E-state index is 0. The Morgan fingerprint density at radius 2 is 1.95 bits per heavy atom. The molecular weight excluding hydrogens is 317 g/mol. The molecule has 0 atom stereocenters. The molecule has 0 spiro atoms. The molecule has 0 bridgehead atoms. The van der Waals surface area contributed by atoms with Crippen molar-refractivity contribution in [2.75, 3.05) is 18.5 Å². The third-order valence-electron chi connectivity index (χ3n) is 3.73. The molecule has 5 heteroatoms. The molecule has 0 aliphatic heterocycles. The molecular formula is C17H25Cl2N3. The van der Waals surface area contributed by atoms with Crippen LogP contribution in [0, 0.1) is 6.92 Å². The second kappa shape index (κ2) is 9.75. The summed E-state index contributed by atoms with van der Waals surface area (Å²) >= 11 is 6.29. The summed E-state index contributed by atoms with van der Waals surface area (Å²) in [6.07, 6.45) is 10.7. The monoisotopic (exact) mass is 341 g/mol. The van der Waals surface area contributed by atoms with Crippen LogP contribution in [0.4, 0.5) is 5.69 Å². The Morgan fingerprint density at radius 3 is 2.64 bits per heavy atom. The Labute approximate surface area is 144 Å². The maximum Gasteiger partial charge on any atom is 0.0945 e. The predicted molar refractivity (Wildman–Crippen MR) is 97.4 cm³/mol. The van der Waals surface area contributed by atoms with E-state index in [0.29, 0.717) is 0 Å². The molecule has 0 aliphatic carbocycles. The Bertz CT molecular complexity index is 541. The average Bonchev–Trinajstić information content (AvgIpc) is 2.95. The van der Waals surface area contributed by atoms with Gasteiger partial charge in [0.15, 0.2) is 0 Å². The van der Waals surface area contributed by atoms with E-state index in [1.165, 1.54) is 31.2 Å². The zero-order chi connectivity index (χ0) is 15.1. The molecule has 0 radical (unpaired) electrons. The first-order valence-electron chi connectivity index (χ1n) is 7.60. The van der Waals surface area contributed by atoms with Gasteiger partial charge in [-0.25, -0.2) is 4.98 Å². The summed E-state index contributed by atoms with van der Waals surface area (Å²) in [4.78, 5) is 6.30. The van der Waals surface area contributed by atoms with Crippen molar-refractivity contribution < 1.29 is 0 Å². The first-order valence-corrected chi connectivity index (χ1v) is 7.97. The quantitative estimate of drug-likeness (QED) is 0.632. The van der Waals surface area contributed by atoms with E-state index in [-0.39, 0.29) is 12.4 Å². The molecule has 2 rings (SSSR count). The van der Waals surface area contributed by atoms with Gasteiger partial charge in [-0.15, -0.1) is 12.4 Å². The Kier molecular flexibility index (Phi) is 8.36. The molecule has 0 unspecified atom stereocenters. The highest BCUT2D eigenvalue weighted by atomic mass is 35.5. The minimum Gasteiger partial charge on any atom is -0.373 e. The maximum atomic E-state index is 6.29. The van der Waals surface area contributed by atoms with Crippen LogP contribution in [0.15, 0.2) is 36.9 Å². The molecule has 2 aromatic rings. The van der Waals surface area contributed by atoms with Gasteiger partial charge in [-0.05, 0) is 37.5 Å². The van der Waals surface area contributed by atoms with Gasteiger partial charge in [-0.2, -0.15) is 0 Å². The summed E-state index contributed by atoms with van der Waals surface area (Å²) in [7, 11) is 2.11. The van der Waals surface area contributed by atoms with Crippen LogP contribution < -0.4 is 4.90 Å². The van der Waals surface area contributed by atoms with E-state index >= 15 is 0 Å². The van der Waals surface area contributed by atoms with E-state index in [1.54, 1.807) is 0 Å². The summed E-state index contributed by atoms with van der Waals surface area (Å²) in [5.41, 5.74) is 2.33. The van der Waals surface area contributed by atoms with Crippen LogP contribution in [0.5, 0.6) is 0 Å². The molecule has 1 aromatic heterocycles. The molecule has 0 fully saturated rings. The Hall–Kier alpha value is -1.19. The number of imidazole rings is 1. The van der Waals surface area contributed by atoms with E-state index in [4.69, 9.17) is 11.6 Å². The highest BCUT2D eigenvalue weighted by molar-refractivity contribution is 6.33. The number of halogens is 2. The Balaban J connectivity index is 0.00000242. The van der Waals surface area contributed by atoms with Crippen LogP contribution in [-0.2, 0) is 6.54 Å². The van der Waals surface area contributed by atoms with Crippen molar-refractivity contribution in [1.29, 1.82) is 0 Å². The standard InChI is InChI=1S/C17H24ClN3.ClH/c1-15-7-8-17(16(18)13-15)20(2)10-5-3-4-6-11-21-12-9-19-14-21;/h7-9,12-14H,3-6,10-11H2,1-2H3;1H. The normalized spacial score (nSPS) is 10.3. The van der Waals surface area contributed by atoms with Crippen molar-refractivity contribution in [3.05, 3.63) is 47.5 Å². The van der Waals surface area contributed by atoms with Crippen LogP contribution in [0.3, 0.4) is 0 Å². The highest BCUT2D eigenvalue weighted by Gasteiger charge is 2.05. The topological polar surface area (TPSA) is 21.1 Å². The van der Waals surface area contributed by atoms with Crippen molar-refractivity contribution >= 4 is 29.7 Å². The fourth-order valence-electron chi connectivity index (χ4n) is 2.46. The largest absolute Gasteiger partial charge is 0.373 e. The number of hydrogen-bond acceptors (Lipinski definition) is 2. The van der Waals surface area contributed by atoms with Gasteiger partial charge in [0.25, 0.3) is 0 Å². The van der Waals surface area contributed by atoms with Crippen molar-refractivity contribution in [3.63, 3.8) is 0 Å². The Morgan fingerprint density at radius 1 is 1.18 bits per heavy atom. The molecule has 22 heavy (non-hydrogen) atoms. The number of hydrogen-bond donors (Lipinski definition) is 0. The van der Waals surface area contributed by atoms with Crippen LogP contribution in [-0.4, -0.2) is 23.1 Å². The zero-order valence-electron chi connectivity index (χ0n) is 13.3. The average molecular weight is 342 g/mol. The van der Waals surface area contributed by atoms with Crippen molar-refractivity contribution in [2.45, 2.75) is 39.2 Å². The van der Waals surface area contributed by atoms with Gasteiger partial charge in [0, 0.05) is 32.5 Å². The predicted octanol–water partition coefficient (Wildman–Crippen LogP) is 4.96. The fourth-order valence-corrected chi connectivity index (χ4v) is 2.84. The molecule has 3 nitrogen and oxygen atoms in total. The summed E-state index contributed by atoms with van der Waals surface area (Å²) in [5.74, 6) is 0. The number of aromatic nitrogens is 2. The van der Waals surface area contributed by atoms with Gasteiger partial charge in [0.05, 0.1) is 17.0 Å². The molecule has 122 valence electrons. The minimum absolute atomic E-state index is 0. The van der Waals surface area contributed by atoms with Gasteiger partial charge in [-0.3, -0.25) is 0 Å². The number of anilines is 1. The smallest absolute Gasteiger partial charge is 0.0945 e. The number of nitrogens with zero attached hydrogens (tertiary/aromatic N) is 3. The van der Waals surface area contributed by atoms with Gasteiger partial charge in [-0.1, -0.05) is 30.5 Å². The van der Waals surface area contributed by atoms with Crippen molar-refractivity contribution in [3.8, 4) is 0 Å². The summed E-state index contributed by atoms with van der Waals surface area (Å²) in [6.45, 7) is 4.18. The van der Waals surface area contributed by atoms with E-state index in [1.807, 2.05) is 24.8 Å². The molecule has 0 amide bonds. The maximum absolute atomic E-state index is 6.29. The second-order valence-electron chi connectivity index (χ2n) is 5.59. The number of unbranched alkanes of at least 4 members (excludes halogenated alkanes) is 3. The van der Waals surface area contributed by atoms with Crippen LogP contribution >= 0.6 is 24.0 Å². The molecule has 0 N–H and O–H groups in total. The molecule has 0 aliphatic rings. The van der Waals surface area contributed by atoms with Gasteiger partial charge < -0.3 is 9.47 Å². The van der Waals surface area contributed by atoms with E-state index in [0.717, 1.165) is 23.8 Å². The third-order valence-corrected chi connectivity index (χ3v) is 4.04. The first-order chi connectivity index (χ1) is 10.2. The second-order valence-corrected chi connectivity index (χ2v) is 6.00. The van der Waals surface area contributed by atoms with Crippen molar-refractivity contribution in [2.24, 2.45) is 0 Å². The van der Waals surface area contributed by atoms with Crippen LogP contribution in [0.2, 0.25) is 5.02 Å². The fraction of sp³-hybridized carbons (Fsp3) is 0.471. The number of benzene rings is 1.